The van der Waals surface area contributed by atoms with Gasteiger partial charge in [-0.3, -0.25) is 4.79 Å². The Bertz CT molecular complexity index is 744. The first-order valence-electron chi connectivity index (χ1n) is 7.73. The Balaban J connectivity index is 2.19. The zero-order valence-electron chi connectivity index (χ0n) is 13.7. The number of carbonyl (C=O) groups is 2. The van der Waals surface area contributed by atoms with Crippen molar-refractivity contribution in [3.8, 4) is 0 Å². The van der Waals surface area contributed by atoms with E-state index < -0.39 is 5.97 Å². The van der Waals surface area contributed by atoms with Crippen molar-refractivity contribution in [3.63, 3.8) is 0 Å². The fourth-order valence-corrected chi connectivity index (χ4v) is 2.98. The number of carboxylic acids is 1. The lowest BCUT2D eigenvalue weighted by Gasteiger charge is -2.17. The van der Waals surface area contributed by atoms with Gasteiger partial charge in [0.05, 0.1) is 11.5 Å². The van der Waals surface area contributed by atoms with E-state index in [1.165, 1.54) is 0 Å². The second-order valence-electron chi connectivity index (χ2n) is 5.79. The maximum absolute atomic E-state index is 12.6. The van der Waals surface area contributed by atoms with E-state index in [4.69, 9.17) is 0 Å². The van der Waals surface area contributed by atoms with Gasteiger partial charge in [-0.25, -0.2) is 4.79 Å². The van der Waals surface area contributed by atoms with Crippen LogP contribution in [0.25, 0.3) is 0 Å². The standard InChI is InChI=1S/C19H21NO3S/c1-12-8-9-16(13(2)17(12)19(22)23)20-18(21)15(11-24)10-14-6-4-3-5-7-14/h3-9,15,24H,10-11H2,1-2H3,(H,20,21)(H,22,23). The summed E-state index contributed by atoms with van der Waals surface area (Å²) >= 11 is 4.29. The van der Waals surface area contributed by atoms with Gasteiger partial charge in [-0.05, 0) is 43.0 Å². The first-order chi connectivity index (χ1) is 11.4. The van der Waals surface area contributed by atoms with Crippen molar-refractivity contribution in [2.24, 2.45) is 5.92 Å². The second kappa shape index (κ2) is 8.02. The van der Waals surface area contributed by atoms with Crippen LogP contribution in [0.5, 0.6) is 0 Å². The monoisotopic (exact) mass is 343 g/mol. The van der Waals surface area contributed by atoms with Crippen LogP contribution in [-0.2, 0) is 11.2 Å². The third-order valence-corrected chi connectivity index (χ3v) is 4.50. The highest BCUT2D eigenvalue weighted by molar-refractivity contribution is 7.80. The van der Waals surface area contributed by atoms with Crippen LogP contribution in [0, 0.1) is 19.8 Å². The molecule has 1 amide bonds. The maximum atomic E-state index is 12.6. The summed E-state index contributed by atoms with van der Waals surface area (Å²) in [6.07, 6.45) is 0.590. The molecule has 2 rings (SSSR count). The summed E-state index contributed by atoms with van der Waals surface area (Å²) in [7, 11) is 0. The largest absolute Gasteiger partial charge is 0.478 e. The van der Waals surface area contributed by atoms with Crippen LogP contribution in [0.2, 0.25) is 0 Å². The first kappa shape index (κ1) is 18.1. The fraction of sp³-hybridized carbons (Fsp3) is 0.263. The minimum Gasteiger partial charge on any atom is -0.478 e. The number of aryl methyl sites for hydroxylation is 1. The molecule has 0 aromatic heterocycles. The third kappa shape index (κ3) is 4.17. The molecule has 0 saturated heterocycles. The minimum atomic E-state index is -0.990. The highest BCUT2D eigenvalue weighted by Gasteiger charge is 2.20. The molecule has 2 aromatic rings. The molecule has 0 bridgehead atoms. The number of rotatable bonds is 6. The van der Waals surface area contributed by atoms with Crippen LogP contribution in [-0.4, -0.2) is 22.7 Å². The van der Waals surface area contributed by atoms with Gasteiger partial charge in [0.25, 0.3) is 0 Å². The van der Waals surface area contributed by atoms with Gasteiger partial charge in [0, 0.05) is 11.4 Å². The highest BCUT2D eigenvalue weighted by atomic mass is 32.1. The summed E-state index contributed by atoms with van der Waals surface area (Å²) in [5, 5.41) is 12.2. The molecule has 0 saturated carbocycles. The number of benzene rings is 2. The number of aromatic carboxylic acids is 1. The predicted molar refractivity (Wildman–Crippen MR) is 99.0 cm³/mol. The Labute approximate surface area is 147 Å². The number of hydrogen-bond acceptors (Lipinski definition) is 3. The lowest BCUT2D eigenvalue weighted by molar-refractivity contribution is -0.119. The number of anilines is 1. The number of hydrogen-bond donors (Lipinski definition) is 3. The summed E-state index contributed by atoms with van der Waals surface area (Å²) in [4.78, 5) is 23.9. The summed E-state index contributed by atoms with van der Waals surface area (Å²) in [5.41, 5.74) is 3.07. The molecule has 2 N–H and O–H groups in total. The first-order valence-corrected chi connectivity index (χ1v) is 8.36. The summed E-state index contributed by atoms with van der Waals surface area (Å²) < 4.78 is 0. The summed E-state index contributed by atoms with van der Waals surface area (Å²) in [6.45, 7) is 3.45. The average molecular weight is 343 g/mol. The lowest BCUT2D eigenvalue weighted by atomic mass is 9.98. The fourth-order valence-electron chi connectivity index (χ4n) is 2.69. The molecule has 0 fully saturated rings. The van der Waals surface area contributed by atoms with Crippen LogP contribution in [0.4, 0.5) is 5.69 Å². The van der Waals surface area contributed by atoms with E-state index in [9.17, 15) is 14.7 Å². The van der Waals surface area contributed by atoms with Crippen molar-refractivity contribution < 1.29 is 14.7 Å². The van der Waals surface area contributed by atoms with Crippen molar-refractivity contribution in [1.82, 2.24) is 0 Å². The molecule has 0 spiro atoms. The molecule has 0 aliphatic carbocycles. The molecule has 0 radical (unpaired) electrons. The molecule has 0 aliphatic rings. The van der Waals surface area contributed by atoms with Crippen molar-refractivity contribution in [1.29, 1.82) is 0 Å². The van der Waals surface area contributed by atoms with Gasteiger partial charge in [-0.2, -0.15) is 12.6 Å². The van der Waals surface area contributed by atoms with E-state index >= 15 is 0 Å². The van der Waals surface area contributed by atoms with Gasteiger partial charge in [-0.1, -0.05) is 36.4 Å². The van der Waals surface area contributed by atoms with E-state index in [0.717, 1.165) is 5.56 Å². The molecule has 1 atom stereocenters. The van der Waals surface area contributed by atoms with Gasteiger partial charge >= 0.3 is 5.97 Å². The Morgan fingerprint density at radius 1 is 1.12 bits per heavy atom. The predicted octanol–water partition coefficient (Wildman–Crippen LogP) is 3.73. The maximum Gasteiger partial charge on any atom is 0.336 e. The van der Waals surface area contributed by atoms with Crippen LogP contribution in [0.3, 0.4) is 0 Å². The molecule has 24 heavy (non-hydrogen) atoms. The molecule has 126 valence electrons. The highest BCUT2D eigenvalue weighted by Crippen LogP contribution is 2.24. The molecule has 0 heterocycles. The van der Waals surface area contributed by atoms with Gasteiger partial charge in [0.15, 0.2) is 0 Å². The topological polar surface area (TPSA) is 66.4 Å². The van der Waals surface area contributed by atoms with Crippen LogP contribution < -0.4 is 5.32 Å². The van der Waals surface area contributed by atoms with Gasteiger partial charge in [-0.15, -0.1) is 0 Å². The molecule has 5 heteroatoms. The van der Waals surface area contributed by atoms with E-state index in [1.807, 2.05) is 30.3 Å². The third-order valence-electron chi connectivity index (χ3n) is 4.06. The zero-order chi connectivity index (χ0) is 17.7. The summed E-state index contributed by atoms with van der Waals surface area (Å²) in [6, 6.07) is 13.2. The molecular weight excluding hydrogens is 322 g/mol. The van der Waals surface area contributed by atoms with E-state index in [2.05, 4.69) is 17.9 Å². The minimum absolute atomic E-state index is 0.155. The smallest absolute Gasteiger partial charge is 0.336 e. The van der Waals surface area contributed by atoms with Crippen molar-refractivity contribution in [2.75, 3.05) is 11.1 Å². The lowest BCUT2D eigenvalue weighted by Crippen LogP contribution is -2.26. The van der Waals surface area contributed by atoms with Gasteiger partial charge in [0.2, 0.25) is 5.91 Å². The van der Waals surface area contributed by atoms with Crippen LogP contribution in [0.15, 0.2) is 42.5 Å². The van der Waals surface area contributed by atoms with E-state index in [-0.39, 0.29) is 17.4 Å². The van der Waals surface area contributed by atoms with Crippen molar-refractivity contribution in [2.45, 2.75) is 20.3 Å². The van der Waals surface area contributed by atoms with Crippen LogP contribution >= 0.6 is 12.6 Å². The Kier molecular flexibility index (Phi) is 6.04. The molecule has 2 aromatic carbocycles. The molecule has 4 nitrogen and oxygen atoms in total. The van der Waals surface area contributed by atoms with Crippen molar-refractivity contribution in [3.05, 3.63) is 64.7 Å². The second-order valence-corrected chi connectivity index (χ2v) is 6.16. The van der Waals surface area contributed by atoms with Gasteiger partial charge < -0.3 is 10.4 Å². The Morgan fingerprint density at radius 3 is 2.38 bits per heavy atom. The van der Waals surface area contributed by atoms with Gasteiger partial charge in [0.1, 0.15) is 0 Å². The quantitative estimate of drug-likeness (QED) is 0.700. The Hall–Kier alpha value is -2.27. The SMILES string of the molecule is Cc1ccc(NC(=O)C(CS)Cc2ccccc2)c(C)c1C(=O)O. The number of thiol groups is 1. The average Bonchev–Trinajstić information content (AvgIpc) is 2.56. The zero-order valence-corrected chi connectivity index (χ0v) is 14.6. The Morgan fingerprint density at radius 2 is 1.79 bits per heavy atom. The van der Waals surface area contributed by atoms with E-state index in [1.54, 1.807) is 26.0 Å². The molecule has 1 unspecified atom stereocenters. The molecular formula is C19H21NO3S. The van der Waals surface area contributed by atoms with E-state index in [0.29, 0.717) is 29.0 Å². The molecule has 0 aliphatic heterocycles. The number of carbonyl (C=O) groups excluding carboxylic acids is 1. The number of amides is 1. The number of carboxylic acid groups (broad SMARTS) is 1. The normalized spacial score (nSPS) is 11.8. The number of nitrogens with one attached hydrogen (secondary N) is 1. The van der Waals surface area contributed by atoms with Crippen molar-refractivity contribution >= 4 is 30.2 Å². The summed E-state index contributed by atoms with van der Waals surface area (Å²) in [5.74, 6) is -1.02. The van der Waals surface area contributed by atoms with Crippen LogP contribution in [0.1, 0.15) is 27.0 Å².